The molecule has 1 aliphatic heterocycles. The zero-order valence-corrected chi connectivity index (χ0v) is 19.7. The van der Waals surface area contributed by atoms with Crippen LogP contribution in [-0.4, -0.2) is 50.3 Å². The van der Waals surface area contributed by atoms with E-state index in [2.05, 4.69) is 15.0 Å². The lowest BCUT2D eigenvalue weighted by Gasteiger charge is -2.15. The van der Waals surface area contributed by atoms with E-state index in [0.717, 1.165) is 12.1 Å². The van der Waals surface area contributed by atoms with Gasteiger partial charge in [0.05, 0.1) is 18.5 Å². The van der Waals surface area contributed by atoms with Crippen LogP contribution >= 0.6 is 0 Å². The van der Waals surface area contributed by atoms with Crippen LogP contribution in [0.2, 0.25) is 0 Å². The Morgan fingerprint density at radius 2 is 1.77 bits per heavy atom. The van der Waals surface area contributed by atoms with Gasteiger partial charge >= 0.3 is 5.97 Å². The summed E-state index contributed by atoms with van der Waals surface area (Å²) in [5.41, 5.74) is 4.15. The van der Waals surface area contributed by atoms with E-state index in [1.165, 1.54) is 19.2 Å². The lowest BCUT2D eigenvalue weighted by Crippen LogP contribution is -2.22. The number of methoxy groups -OCH3 is 1. The van der Waals surface area contributed by atoms with Crippen LogP contribution in [0.1, 0.15) is 22.6 Å². The average Bonchev–Trinajstić information content (AvgIpc) is 3.16. The molecule has 1 aliphatic rings. The Labute approximate surface area is 203 Å². The Balaban J connectivity index is 1.71. The molecule has 1 atom stereocenters. The minimum atomic E-state index is -0.714. The number of hydrogen-bond acceptors (Lipinski definition) is 6. The van der Waals surface area contributed by atoms with Crippen molar-refractivity contribution in [3.63, 3.8) is 0 Å². The summed E-state index contributed by atoms with van der Waals surface area (Å²) < 4.78 is 23.8. The number of fused-ring (bicyclic) bond motifs is 1. The van der Waals surface area contributed by atoms with Gasteiger partial charge < -0.3 is 19.7 Å². The number of nitrogens with zero attached hydrogens (tertiary/aromatic N) is 2. The summed E-state index contributed by atoms with van der Waals surface area (Å²) in [5, 5.41) is 2.76. The first-order chi connectivity index (χ1) is 16.8. The smallest absolute Gasteiger partial charge is 0.343 e. The van der Waals surface area contributed by atoms with Gasteiger partial charge in [-0.25, -0.2) is 9.18 Å². The topological polar surface area (TPSA) is 80.2 Å². The van der Waals surface area contributed by atoms with Crippen molar-refractivity contribution < 1.29 is 23.5 Å². The van der Waals surface area contributed by atoms with E-state index in [4.69, 9.17) is 9.73 Å². The number of aliphatic imine (C=N–C) groups is 1. The first kappa shape index (κ1) is 24.1. The third-order valence-corrected chi connectivity index (χ3v) is 5.54. The van der Waals surface area contributed by atoms with Crippen molar-refractivity contribution in [2.75, 3.05) is 33.1 Å². The van der Waals surface area contributed by atoms with E-state index in [1.807, 2.05) is 38.4 Å². The highest BCUT2D eigenvalue weighted by atomic mass is 19.1. The van der Waals surface area contributed by atoms with E-state index >= 15 is 0 Å². The Morgan fingerprint density at radius 3 is 2.43 bits per heavy atom. The fraction of sp³-hybridized carbons (Fsp3) is 0.222. The number of carbonyl (C=O) groups is 2. The number of ether oxygens (including phenoxy) is 2. The SMILES string of the molecule is COC(=O)COc1ccc(C(=Nc2ccc(CN(C)C)cc2)C2C(=O)Nc3cc(F)ccc32)cc1. The molecule has 35 heavy (non-hydrogen) atoms. The largest absolute Gasteiger partial charge is 0.482 e. The number of halogens is 1. The zero-order chi connectivity index (χ0) is 24.9. The molecule has 3 aromatic rings. The Morgan fingerprint density at radius 1 is 1.06 bits per heavy atom. The Hall–Kier alpha value is -4.04. The predicted molar refractivity (Wildman–Crippen MR) is 132 cm³/mol. The normalized spacial score (nSPS) is 15.1. The molecule has 0 saturated carbocycles. The number of rotatable bonds is 8. The van der Waals surface area contributed by atoms with E-state index in [-0.39, 0.29) is 12.5 Å². The van der Waals surface area contributed by atoms with Gasteiger partial charge in [-0.2, -0.15) is 0 Å². The van der Waals surface area contributed by atoms with Crippen molar-refractivity contribution in [1.29, 1.82) is 0 Å². The van der Waals surface area contributed by atoms with Crippen LogP contribution < -0.4 is 10.1 Å². The molecule has 1 heterocycles. The van der Waals surface area contributed by atoms with Crippen molar-refractivity contribution in [3.05, 3.63) is 89.2 Å². The third-order valence-electron chi connectivity index (χ3n) is 5.54. The molecule has 180 valence electrons. The van der Waals surface area contributed by atoms with Crippen molar-refractivity contribution in [2.45, 2.75) is 12.5 Å². The first-order valence-corrected chi connectivity index (χ1v) is 11.1. The number of nitrogens with one attached hydrogen (secondary N) is 1. The second-order valence-corrected chi connectivity index (χ2v) is 8.44. The standard InChI is InChI=1S/C27H26FN3O4/c1-31(2)15-17-4-9-20(10-5-17)29-26(18-6-11-21(12-7-18)35-16-24(32)34-3)25-22-13-8-19(28)14-23(22)30-27(25)33/h4-14,25H,15-16H2,1-3H3,(H,30,33). The van der Waals surface area contributed by atoms with Crippen molar-refractivity contribution in [2.24, 2.45) is 4.99 Å². The van der Waals surface area contributed by atoms with Crippen LogP contribution in [0.4, 0.5) is 15.8 Å². The Kier molecular flexibility index (Phi) is 7.22. The van der Waals surface area contributed by atoms with Crippen LogP contribution in [0, 0.1) is 5.82 Å². The van der Waals surface area contributed by atoms with Crippen LogP contribution in [0.25, 0.3) is 0 Å². The molecule has 1 unspecified atom stereocenters. The molecular weight excluding hydrogens is 449 g/mol. The minimum Gasteiger partial charge on any atom is -0.482 e. The minimum absolute atomic E-state index is 0.208. The molecular formula is C27H26FN3O4. The molecule has 3 aromatic carbocycles. The van der Waals surface area contributed by atoms with Crippen LogP contribution in [-0.2, 0) is 20.9 Å². The van der Waals surface area contributed by atoms with Gasteiger partial charge in [-0.3, -0.25) is 9.79 Å². The molecule has 0 spiro atoms. The zero-order valence-electron chi connectivity index (χ0n) is 19.7. The maximum absolute atomic E-state index is 13.8. The number of benzene rings is 3. The third kappa shape index (κ3) is 5.73. The fourth-order valence-corrected chi connectivity index (χ4v) is 3.91. The molecule has 1 N–H and O–H groups in total. The highest BCUT2D eigenvalue weighted by molar-refractivity contribution is 6.24. The summed E-state index contributed by atoms with van der Waals surface area (Å²) in [4.78, 5) is 31.3. The Bertz CT molecular complexity index is 1250. The van der Waals surface area contributed by atoms with Gasteiger partial charge in [-0.1, -0.05) is 18.2 Å². The van der Waals surface area contributed by atoms with Gasteiger partial charge in [0, 0.05) is 12.2 Å². The number of anilines is 1. The van der Waals surface area contributed by atoms with Crippen molar-refractivity contribution >= 4 is 29.0 Å². The van der Waals surface area contributed by atoms with E-state index in [1.54, 1.807) is 30.3 Å². The maximum atomic E-state index is 13.8. The van der Waals surface area contributed by atoms with Gasteiger partial charge in [0.15, 0.2) is 6.61 Å². The molecule has 0 aliphatic carbocycles. The number of hydrogen-bond donors (Lipinski definition) is 1. The van der Waals surface area contributed by atoms with Gasteiger partial charge in [0.1, 0.15) is 17.5 Å². The quantitative estimate of drug-likeness (QED) is 0.388. The predicted octanol–water partition coefficient (Wildman–Crippen LogP) is 4.30. The monoisotopic (exact) mass is 475 g/mol. The van der Waals surface area contributed by atoms with Crippen LogP contribution in [0.5, 0.6) is 5.75 Å². The lowest BCUT2D eigenvalue weighted by molar-refractivity contribution is -0.142. The number of esters is 1. The van der Waals surface area contributed by atoms with Gasteiger partial charge in [0.25, 0.3) is 0 Å². The van der Waals surface area contributed by atoms with Crippen LogP contribution in [0.15, 0.2) is 71.7 Å². The molecule has 0 radical (unpaired) electrons. The summed E-state index contributed by atoms with van der Waals surface area (Å²) >= 11 is 0. The molecule has 0 saturated heterocycles. The summed E-state index contributed by atoms with van der Waals surface area (Å²) in [6.07, 6.45) is 0. The first-order valence-electron chi connectivity index (χ1n) is 11.1. The summed E-state index contributed by atoms with van der Waals surface area (Å²) in [6, 6.07) is 19.0. The number of carbonyl (C=O) groups excluding carboxylic acids is 2. The molecule has 0 aromatic heterocycles. The second kappa shape index (κ2) is 10.5. The summed E-state index contributed by atoms with van der Waals surface area (Å²) in [5.74, 6) is -1.43. The van der Waals surface area contributed by atoms with Crippen molar-refractivity contribution in [3.8, 4) is 5.75 Å². The molecule has 4 rings (SSSR count). The molecule has 8 heteroatoms. The molecule has 1 amide bonds. The second-order valence-electron chi connectivity index (χ2n) is 8.44. The summed E-state index contributed by atoms with van der Waals surface area (Å²) in [7, 11) is 5.30. The molecule has 0 fully saturated rings. The van der Waals surface area contributed by atoms with Crippen molar-refractivity contribution in [1.82, 2.24) is 4.90 Å². The highest BCUT2D eigenvalue weighted by Gasteiger charge is 2.35. The van der Waals surface area contributed by atoms with Gasteiger partial charge in [-0.05, 0) is 79.3 Å². The lowest BCUT2D eigenvalue weighted by atomic mass is 9.90. The average molecular weight is 476 g/mol. The van der Waals surface area contributed by atoms with E-state index in [0.29, 0.717) is 34.0 Å². The fourth-order valence-electron chi connectivity index (χ4n) is 3.91. The van der Waals surface area contributed by atoms with Crippen LogP contribution in [0.3, 0.4) is 0 Å². The van der Waals surface area contributed by atoms with Gasteiger partial charge in [-0.15, -0.1) is 0 Å². The highest BCUT2D eigenvalue weighted by Crippen LogP contribution is 2.37. The number of amides is 1. The molecule has 0 bridgehead atoms. The van der Waals surface area contributed by atoms with E-state index < -0.39 is 17.7 Å². The van der Waals surface area contributed by atoms with Gasteiger partial charge in [0.2, 0.25) is 5.91 Å². The summed E-state index contributed by atoms with van der Waals surface area (Å²) in [6.45, 7) is 0.591. The van der Waals surface area contributed by atoms with E-state index in [9.17, 15) is 14.0 Å². The maximum Gasteiger partial charge on any atom is 0.343 e. The molecule has 7 nitrogen and oxygen atoms in total.